The first-order valence-electron chi connectivity index (χ1n) is 5.58. The average molecular weight is 264 g/mol. The van der Waals surface area contributed by atoms with Crippen LogP contribution in [0.3, 0.4) is 0 Å². The maximum atomic E-state index is 11.7. The van der Waals surface area contributed by atoms with Crippen molar-refractivity contribution >= 4 is 41.3 Å². The van der Waals surface area contributed by atoms with Gasteiger partial charge in [0.25, 0.3) is 0 Å². The predicted octanol–water partition coefficient (Wildman–Crippen LogP) is 2.08. The summed E-state index contributed by atoms with van der Waals surface area (Å²) in [5.41, 5.74) is 0.983. The number of carbonyl (C=O) groups is 2. The van der Waals surface area contributed by atoms with Gasteiger partial charge in [-0.25, -0.2) is 4.79 Å². The molecule has 0 aromatic heterocycles. The number of carbonyl (C=O) groups excluding carboxylic acids is 2. The summed E-state index contributed by atoms with van der Waals surface area (Å²) in [6, 6.07) is 17.4. The summed E-state index contributed by atoms with van der Waals surface area (Å²) in [7, 11) is 0. The SMILES string of the molecule is O=C(COC(=O)c1ccccc1)c1ccccc1.[NaH]. The molecule has 0 heterocycles. The van der Waals surface area contributed by atoms with Gasteiger partial charge in [-0.15, -0.1) is 0 Å². The molecule has 4 heteroatoms. The molecule has 19 heavy (non-hydrogen) atoms. The zero-order valence-corrected chi connectivity index (χ0v) is 9.71. The van der Waals surface area contributed by atoms with Gasteiger partial charge in [0.1, 0.15) is 0 Å². The van der Waals surface area contributed by atoms with Crippen molar-refractivity contribution in [1.82, 2.24) is 0 Å². The van der Waals surface area contributed by atoms with Crippen LogP contribution in [-0.2, 0) is 4.74 Å². The zero-order chi connectivity index (χ0) is 12.8. The second kappa shape index (κ2) is 7.89. The van der Waals surface area contributed by atoms with Gasteiger partial charge in [-0.2, -0.15) is 0 Å². The fraction of sp³-hybridized carbons (Fsp3) is 0.0667. The van der Waals surface area contributed by atoms with Crippen molar-refractivity contribution in [2.24, 2.45) is 0 Å². The van der Waals surface area contributed by atoms with Gasteiger partial charge in [-0.3, -0.25) is 4.79 Å². The van der Waals surface area contributed by atoms with Gasteiger partial charge in [-0.05, 0) is 12.1 Å². The molecule has 0 unspecified atom stereocenters. The Balaban J connectivity index is 0.00000180. The van der Waals surface area contributed by atoms with Crippen molar-refractivity contribution in [3.05, 3.63) is 71.8 Å². The van der Waals surface area contributed by atoms with Crippen LogP contribution in [0.25, 0.3) is 0 Å². The van der Waals surface area contributed by atoms with Crippen LogP contribution in [0.2, 0.25) is 0 Å². The van der Waals surface area contributed by atoms with Crippen molar-refractivity contribution < 1.29 is 14.3 Å². The Kier molecular flexibility index (Phi) is 6.50. The minimum absolute atomic E-state index is 0. The molecule has 3 nitrogen and oxygen atoms in total. The van der Waals surface area contributed by atoms with E-state index < -0.39 is 5.97 Å². The van der Waals surface area contributed by atoms with Crippen LogP contribution >= 0.6 is 0 Å². The second-order valence-corrected chi connectivity index (χ2v) is 3.73. The summed E-state index contributed by atoms with van der Waals surface area (Å²) in [4.78, 5) is 23.3. The number of ketones is 1. The van der Waals surface area contributed by atoms with Gasteiger partial charge in [0.15, 0.2) is 12.4 Å². The van der Waals surface area contributed by atoms with E-state index in [9.17, 15) is 9.59 Å². The number of hydrogen-bond donors (Lipinski definition) is 0. The van der Waals surface area contributed by atoms with Gasteiger partial charge >= 0.3 is 35.5 Å². The molecule has 0 saturated carbocycles. The van der Waals surface area contributed by atoms with E-state index in [-0.39, 0.29) is 41.9 Å². The van der Waals surface area contributed by atoms with E-state index in [0.717, 1.165) is 0 Å². The summed E-state index contributed by atoms with van der Waals surface area (Å²) in [5, 5.41) is 0. The molecule has 0 radical (unpaired) electrons. The number of esters is 1. The van der Waals surface area contributed by atoms with E-state index in [4.69, 9.17) is 4.74 Å². The van der Waals surface area contributed by atoms with Gasteiger partial charge in [0.2, 0.25) is 0 Å². The van der Waals surface area contributed by atoms with Crippen molar-refractivity contribution in [3.63, 3.8) is 0 Å². The van der Waals surface area contributed by atoms with E-state index in [0.29, 0.717) is 11.1 Å². The second-order valence-electron chi connectivity index (χ2n) is 3.73. The zero-order valence-electron chi connectivity index (χ0n) is 9.71. The van der Waals surface area contributed by atoms with E-state index in [1.54, 1.807) is 48.5 Å². The molecule has 0 aliphatic rings. The molecular weight excluding hydrogens is 251 g/mol. The Bertz CT molecular complexity index is 486. The molecule has 92 valence electrons. The third kappa shape index (κ3) is 4.63. The molecule has 0 aliphatic carbocycles. The van der Waals surface area contributed by atoms with Crippen LogP contribution in [0.1, 0.15) is 20.7 Å². The van der Waals surface area contributed by atoms with Crippen LogP contribution in [-0.4, -0.2) is 47.9 Å². The first-order valence-corrected chi connectivity index (χ1v) is 5.58. The minimum atomic E-state index is -0.486. The van der Waals surface area contributed by atoms with Gasteiger partial charge < -0.3 is 4.74 Å². The maximum absolute atomic E-state index is 11.7. The Labute approximate surface area is 133 Å². The number of ether oxygens (including phenoxy) is 1. The monoisotopic (exact) mass is 264 g/mol. The summed E-state index contributed by atoms with van der Waals surface area (Å²) in [6.45, 7) is -0.238. The van der Waals surface area contributed by atoms with E-state index in [2.05, 4.69) is 0 Å². The van der Waals surface area contributed by atoms with Crippen LogP contribution in [0.15, 0.2) is 60.7 Å². The quantitative estimate of drug-likeness (QED) is 0.482. The molecule has 0 aliphatic heterocycles. The number of rotatable bonds is 4. The van der Waals surface area contributed by atoms with Crippen molar-refractivity contribution in [1.29, 1.82) is 0 Å². The Morgan fingerprint density at radius 3 is 1.79 bits per heavy atom. The first kappa shape index (κ1) is 15.6. The third-order valence-corrected chi connectivity index (χ3v) is 2.44. The fourth-order valence-electron chi connectivity index (χ4n) is 1.50. The fourth-order valence-corrected chi connectivity index (χ4v) is 1.50. The molecule has 2 rings (SSSR count). The summed E-state index contributed by atoms with van der Waals surface area (Å²) < 4.78 is 4.96. The van der Waals surface area contributed by atoms with Crippen LogP contribution in [0, 0.1) is 0 Å². The van der Waals surface area contributed by atoms with Crippen molar-refractivity contribution in [2.45, 2.75) is 0 Å². The van der Waals surface area contributed by atoms with Crippen LogP contribution in [0.5, 0.6) is 0 Å². The molecule has 0 N–H and O–H groups in total. The normalized spacial score (nSPS) is 9.26. The summed E-state index contributed by atoms with van der Waals surface area (Å²) >= 11 is 0. The molecule has 0 saturated heterocycles. The van der Waals surface area contributed by atoms with Crippen molar-refractivity contribution in [3.8, 4) is 0 Å². The molecule has 0 amide bonds. The summed E-state index contributed by atoms with van der Waals surface area (Å²) in [6.07, 6.45) is 0. The molecule has 2 aromatic rings. The molecule has 0 atom stereocenters. The molecular formula is C15H13NaO3. The predicted molar refractivity (Wildman–Crippen MR) is 74.6 cm³/mol. The average Bonchev–Trinajstić information content (AvgIpc) is 2.46. The number of Topliss-reactive ketones (excluding diaryl/α,β-unsaturated/α-hetero) is 1. The summed E-state index contributed by atoms with van der Waals surface area (Å²) in [5.74, 6) is -0.695. The first-order chi connectivity index (χ1) is 8.77. The Morgan fingerprint density at radius 1 is 0.789 bits per heavy atom. The van der Waals surface area contributed by atoms with E-state index in [1.165, 1.54) is 0 Å². The third-order valence-electron chi connectivity index (χ3n) is 2.44. The Hall–Kier alpha value is -1.42. The van der Waals surface area contributed by atoms with E-state index >= 15 is 0 Å². The number of benzene rings is 2. The molecule has 0 bridgehead atoms. The Morgan fingerprint density at radius 2 is 1.26 bits per heavy atom. The van der Waals surface area contributed by atoms with Crippen LogP contribution in [0.4, 0.5) is 0 Å². The standard InChI is InChI=1S/C15H12O3.Na.H/c16-14(12-7-3-1-4-8-12)11-18-15(17)13-9-5-2-6-10-13;;/h1-10H,11H2;;. The topological polar surface area (TPSA) is 43.4 Å². The van der Waals surface area contributed by atoms with Gasteiger partial charge in [-0.1, -0.05) is 48.5 Å². The van der Waals surface area contributed by atoms with Gasteiger partial charge in [0, 0.05) is 5.56 Å². The van der Waals surface area contributed by atoms with E-state index in [1.807, 2.05) is 12.1 Å². The van der Waals surface area contributed by atoms with Gasteiger partial charge in [0.05, 0.1) is 5.56 Å². The molecule has 0 fully saturated rings. The van der Waals surface area contributed by atoms with Crippen LogP contribution < -0.4 is 0 Å². The molecule has 2 aromatic carbocycles. The molecule has 0 spiro atoms. The van der Waals surface area contributed by atoms with Crippen molar-refractivity contribution in [2.75, 3.05) is 6.61 Å². The number of hydrogen-bond acceptors (Lipinski definition) is 3.